The molecule has 0 saturated carbocycles. The van der Waals surface area contributed by atoms with Crippen molar-refractivity contribution in [1.82, 2.24) is 9.29 Å². The number of aromatic nitrogens is 1. The monoisotopic (exact) mass is 402 g/mol. The number of para-hydroxylation sites is 1. The molecule has 1 N–H and O–H groups in total. The van der Waals surface area contributed by atoms with E-state index in [4.69, 9.17) is 5.26 Å². The maximum Gasteiger partial charge on any atom is 0.269 e. The van der Waals surface area contributed by atoms with Crippen molar-refractivity contribution in [2.45, 2.75) is 4.90 Å². The van der Waals surface area contributed by atoms with Crippen LogP contribution in [0.4, 0.5) is 5.82 Å². The van der Waals surface area contributed by atoms with Crippen molar-refractivity contribution in [3.8, 4) is 6.07 Å². The average molecular weight is 403 g/mol. The van der Waals surface area contributed by atoms with E-state index in [9.17, 15) is 8.42 Å². The number of fused-ring (bicyclic) bond motifs is 1. The summed E-state index contributed by atoms with van der Waals surface area (Å²) in [6.07, 6.45) is 0. The van der Waals surface area contributed by atoms with Crippen LogP contribution in [0, 0.1) is 11.3 Å². The maximum absolute atomic E-state index is 13.4. The van der Waals surface area contributed by atoms with Gasteiger partial charge in [-0.15, -0.1) is 12.4 Å². The highest BCUT2D eigenvalue weighted by atomic mass is 35.5. The molecule has 0 spiro atoms. The highest BCUT2D eigenvalue weighted by molar-refractivity contribution is 7.90. The zero-order chi connectivity index (χ0) is 18.1. The van der Waals surface area contributed by atoms with Gasteiger partial charge in [-0.2, -0.15) is 5.26 Å². The second-order valence-electron chi connectivity index (χ2n) is 6.20. The van der Waals surface area contributed by atoms with Crippen LogP contribution in [0.1, 0.15) is 5.56 Å². The van der Waals surface area contributed by atoms with Crippen LogP contribution in [0.2, 0.25) is 0 Å². The largest absolute Gasteiger partial charge is 0.355 e. The van der Waals surface area contributed by atoms with Crippen molar-refractivity contribution in [2.75, 3.05) is 31.1 Å². The molecule has 0 unspecified atom stereocenters. The van der Waals surface area contributed by atoms with Crippen LogP contribution in [0.3, 0.4) is 0 Å². The van der Waals surface area contributed by atoms with E-state index in [1.54, 1.807) is 0 Å². The lowest BCUT2D eigenvalue weighted by Gasteiger charge is -2.30. The minimum Gasteiger partial charge on any atom is -0.355 e. The molecule has 8 heteroatoms. The third-order valence-electron chi connectivity index (χ3n) is 4.61. The van der Waals surface area contributed by atoms with Crippen LogP contribution in [0.15, 0.2) is 59.5 Å². The van der Waals surface area contributed by atoms with Gasteiger partial charge in [-0.25, -0.2) is 12.4 Å². The quantitative estimate of drug-likeness (QED) is 0.728. The van der Waals surface area contributed by atoms with Gasteiger partial charge >= 0.3 is 0 Å². The maximum atomic E-state index is 13.4. The molecule has 0 atom stereocenters. The van der Waals surface area contributed by atoms with Crippen LogP contribution in [0.25, 0.3) is 10.9 Å². The molecule has 2 heterocycles. The molecule has 1 aromatic heterocycles. The molecule has 1 saturated heterocycles. The van der Waals surface area contributed by atoms with Crippen LogP contribution >= 0.6 is 12.4 Å². The first-order chi connectivity index (χ1) is 12.6. The standard InChI is InChI=1S/C19H18N4O2S.ClH/c20-14-15-5-7-17(8-6-15)26(24,25)23-18-4-2-1-3-16(18)13-19(23)22-11-9-21-10-12-22;/h1-8,13,21H,9-12H2;1H. The van der Waals surface area contributed by atoms with E-state index in [0.29, 0.717) is 16.9 Å². The van der Waals surface area contributed by atoms with Crippen molar-refractivity contribution in [3.05, 3.63) is 60.2 Å². The number of rotatable bonds is 3. The Bertz CT molecular complexity index is 1090. The molecule has 3 aromatic rings. The van der Waals surface area contributed by atoms with Crippen molar-refractivity contribution < 1.29 is 8.42 Å². The minimum absolute atomic E-state index is 0. The molecule has 0 bridgehead atoms. The minimum atomic E-state index is -3.78. The predicted molar refractivity (Wildman–Crippen MR) is 108 cm³/mol. The van der Waals surface area contributed by atoms with Crippen LogP contribution in [-0.4, -0.2) is 38.6 Å². The number of benzene rings is 2. The molecule has 1 aliphatic rings. The molecule has 6 nitrogen and oxygen atoms in total. The lowest BCUT2D eigenvalue weighted by Crippen LogP contribution is -2.44. The Labute approximate surface area is 164 Å². The third-order valence-corrected chi connectivity index (χ3v) is 6.34. The topological polar surface area (TPSA) is 78.1 Å². The molecular weight excluding hydrogens is 384 g/mol. The predicted octanol–water partition coefficient (Wildman–Crippen LogP) is 2.58. The Hall–Kier alpha value is -2.53. The first-order valence-corrected chi connectivity index (χ1v) is 9.87. The number of anilines is 1. The van der Waals surface area contributed by atoms with Gasteiger partial charge in [0, 0.05) is 31.6 Å². The number of nitrogens with zero attached hydrogens (tertiary/aromatic N) is 3. The molecule has 2 aromatic carbocycles. The van der Waals surface area contributed by atoms with Crippen LogP contribution in [0.5, 0.6) is 0 Å². The molecule has 0 amide bonds. The Morgan fingerprint density at radius 2 is 1.67 bits per heavy atom. The molecule has 0 radical (unpaired) electrons. The number of halogens is 1. The number of hydrogen-bond donors (Lipinski definition) is 1. The van der Waals surface area contributed by atoms with Gasteiger partial charge in [0.1, 0.15) is 5.82 Å². The van der Waals surface area contributed by atoms with E-state index in [1.807, 2.05) is 36.4 Å². The van der Waals surface area contributed by atoms with E-state index in [-0.39, 0.29) is 17.3 Å². The van der Waals surface area contributed by atoms with Crippen molar-refractivity contribution >= 4 is 39.2 Å². The van der Waals surface area contributed by atoms with E-state index in [2.05, 4.69) is 10.2 Å². The Morgan fingerprint density at radius 3 is 2.33 bits per heavy atom. The zero-order valence-electron chi connectivity index (χ0n) is 14.5. The third kappa shape index (κ3) is 3.39. The molecule has 27 heavy (non-hydrogen) atoms. The molecular formula is C19H19ClN4O2S. The summed E-state index contributed by atoms with van der Waals surface area (Å²) >= 11 is 0. The van der Waals surface area contributed by atoms with Crippen molar-refractivity contribution in [1.29, 1.82) is 5.26 Å². The smallest absolute Gasteiger partial charge is 0.269 e. The second-order valence-corrected chi connectivity index (χ2v) is 7.99. The summed E-state index contributed by atoms with van der Waals surface area (Å²) in [4.78, 5) is 2.27. The SMILES string of the molecule is Cl.N#Cc1ccc(S(=O)(=O)n2c(N3CCNCC3)cc3ccccc32)cc1. The fourth-order valence-corrected chi connectivity index (χ4v) is 4.82. The summed E-state index contributed by atoms with van der Waals surface area (Å²) in [6, 6.07) is 17.5. The fourth-order valence-electron chi connectivity index (χ4n) is 3.29. The highest BCUT2D eigenvalue weighted by Gasteiger charge is 2.26. The van der Waals surface area contributed by atoms with Crippen LogP contribution in [-0.2, 0) is 10.0 Å². The first kappa shape index (κ1) is 19.2. The average Bonchev–Trinajstić information content (AvgIpc) is 3.09. The first-order valence-electron chi connectivity index (χ1n) is 8.43. The van der Waals surface area contributed by atoms with Gasteiger partial charge in [0.05, 0.1) is 22.0 Å². The van der Waals surface area contributed by atoms with Gasteiger partial charge in [0.25, 0.3) is 10.0 Å². The van der Waals surface area contributed by atoms with Crippen molar-refractivity contribution in [2.24, 2.45) is 0 Å². The molecule has 4 rings (SSSR count). The summed E-state index contributed by atoms with van der Waals surface area (Å²) < 4.78 is 28.2. The number of hydrogen-bond acceptors (Lipinski definition) is 5. The zero-order valence-corrected chi connectivity index (χ0v) is 16.1. The van der Waals surface area contributed by atoms with Crippen molar-refractivity contribution in [3.63, 3.8) is 0 Å². The van der Waals surface area contributed by atoms with E-state index >= 15 is 0 Å². The van der Waals surface area contributed by atoms with Gasteiger partial charge < -0.3 is 10.2 Å². The summed E-state index contributed by atoms with van der Waals surface area (Å²) in [6.45, 7) is 3.13. The Morgan fingerprint density at radius 1 is 1.00 bits per heavy atom. The molecule has 0 aliphatic carbocycles. The van der Waals surface area contributed by atoms with Gasteiger partial charge in [-0.1, -0.05) is 18.2 Å². The molecule has 1 aliphatic heterocycles. The molecule has 140 valence electrons. The van der Waals surface area contributed by atoms with Gasteiger partial charge in [0.15, 0.2) is 0 Å². The van der Waals surface area contributed by atoms with Gasteiger partial charge in [-0.05, 0) is 36.4 Å². The fraction of sp³-hybridized carbons (Fsp3) is 0.211. The number of nitriles is 1. The van der Waals surface area contributed by atoms with Gasteiger partial charge in [-0.3, -0.25) is 0 Å². The highest BCUT2D eigenvalue weighted by Crippen LogP contribution is 2.31. The Balaban J connectivity index is 0.00000210. The van der Waals surface area contributed by atoms with E-state index < -0.39 is 10.0 Å². The summed E-state index contributed by atoms with van der Waals surface area (Å²) in [7, 11) is -3.78. The second kappa shape index (κ2) is 7.61. The van der Waals surface area contributed by atoms with Crippen LogP contribution < -0.4 is 10.2 Å². The summed E-state index contributed by atoms with van der Waals surface area (Å²) in [5.41, 5.74) is 1.09. The number of nitrogens with one attached hydrogen (secondary N) is 1. The number of piperazine rings is 1. The normalized spacial score (nSPS) is 14.6. The van der Waals surface area contributed by atoms with E-state index in [1.165, 1.54) is 28.2 Å². The summed E-state index contributed by atoms with van der Waals surface area (Å²) in [5.74, 6) is 0.678. The summed E-state index contributed by atoms with van der Waals surface area (Å²) in [5, 5.41) is 13.1. The molecule has 1 fully saturated rings. The van der Waals surface area contributed by atoms with E-state index in [0.717, 1.165) is 31.6 Å². The van der Waals surface area contributed by atoms with Gasteiger partial charge in [0.2, 0.25) is 0 Å². The lowest BCUT2D eigenvalue weighted by molar-refractivity contribution is 0.573. The lowest BCUT2D eigenvalue weighted by atomic mass is 10.2. The Kier molecular flexibility index (Phi) is 5.42.